The van der Waals surface area contributed by atoms with E-state index in [1.54, 1.807) is 12.1 Å². The van der Waals surface area contributed by atoms with E-state index in [2.05, 4.69) is 22.8 Å². The van der Waals surface area contributed by atoms with Gasteiger partial charge in [-0.15, -0.1) is 0 Å². The van der Waals surface area contributed by atoms with Crippen molar-refractivity contribution in [3.63, 3.8) is 0 Å². The smallest absolute Gasteiger partial charge is 0.269 e. The van der Waals surface area contributed by atoms with Crippen molar-refractivity contribution in [3.05, 3.63) is 70.3 Å². The molecule has 0 radical (unpaired) electrons. The Morgan fingerprint density at radius 3 is 2.30 bits per heavy atom. The molecule has 5 nitrogen and oxygen atoms in total. The van der Waals surface area contributed by atoms with Crippen LogP contribution in [0.1, 0.15) is 5.56 Å². The third-order valence-electron chi connectivity index (χ3n) is 2.88. The summed E-state index contributed by atoms with van der Waals surface area (Å²) in [5.41, 5.74) is 2.25. The second-order valence-electron chi connectivity index (χ2n) is 4.39. The first kappa shape index (κ1) is 14.0. The summed E-state index contributed by atoms with van der Waals surface area (Å²) in [6, 6.07) is 16.6. The van der Waals surface area contributed by atoms with Crippen molar-refractivity contribution >= 4 is 11.4 Å². The summed E-state index contributed by atoms with van der Waals surface area (Å²) in [5, 5.41) is 17.1. The maximum absolute atomic E-state index is 10.5. The Hall–Kier alpha value is -2.40. The quantitative estimate of drug-likeness (QED) is 0.461. The van der Waals surface area contributed by atoms with Gasteiger partial charge in [0.1, 0.15) is 0 Å². The zero-order valence-electron chi connectivity index (χ0n) is 11.1. The zero-order chi connectivity index (χ0) is 14.2. The van der Waals surface area contributed by atoms with Crippen molar-refractivity contribution in [2.45, 2.75) is 6.54 Å². The fourth-order valence-corrected chi connectivity index (χ4v) is 1.82. The Morgan fingerprint density at radius 2 is 1.65 bits per heavy atom. The molecule has 0 saturated carbocycles. The van der Waals surface area contributed by atoms with Gasteiger partial charge in [0.2, 0.25) is 0 Å². The van der Waals surface area contributed by atoms with Crippen molar-refractivity contribution in [3.8, 4) is 0 Å². The van der Waals surface area contributed by atoms with Crippen molar-refractivity contribution in [2.24, 2.45) is 0 Å². The van der Waals surface area contributed by atoms with E-state index in [0.717, 1.165) is 25.3 Å². The van der Waals surface area contributed by atoms with Crippen LogP contribution < -0.4 is 10.6 Å². The van der Waals surface area contributed by atoms with E-state index < -0.39 is 4.92 Å². The van der Waals surface area contributed by atoms with E-state index in [-0.39, 0.29) is 5.69 Å². The van der Waals surface area contributed by atoms with Gasteiger partial charge in [-0.3, -0.25) is 10.1 Å². The first-order valence-corrected chi connectivity index (χ1v) is 6.49. The molecule has 0 unspecified atom stereocenters. The molecule has 2 N–H and O–H groups in total. The Labute approximate surface area is 117 Å². The van der Waals surface area contributed by atoms with Crippen LogP contribution in [0.5, 0.6) is 0 Å². The number of nitro groups is 1. The number of hydrogen-bond acceptors (Lipinski definition) is 4. The summed E-state index contributed by atoms with van der Waals surface area (Å²) in [5.74, 6) is 0. The molecule has 0 amide bonds. The summed E-state index contributed by atoms with van der Waals surface area (Å²) >= 11 is 0. The summed E-state index contributed by atoms with van der Waals surface area (Å²) in [6.07, 6.45) is 0. The van der Waals surface area contributed by atoms with Crippen LogP contribution in [0.4, 0.5) is 11.4 Å². The van der Waals surface area contributed by atoms with E-state index in [4.69, 9.17) is 0 Å². The number of benzene rings is 2. The lowest BCUT2D eigenvalue weighted by molar-refractivity contribution is -0.384. The average Bonchev–Trinajstić information content (AvgIpc) is 2.48. The highest BCUT2D eigenvalue weighted by atomic mass is 16.6. The Balaban J connectivity index is 1.67. The monoisotopic (exact) mass is 271 g/mol. The Kier molecular flexibility index (Phi) is 5.08. The number of nitrogens with one attached hydrogen (secondary N) is 2. The molecule has 0 aliphatic rings. The third kappa shape index (κ3) is 4.37. The standard InChI is InChI=1S/C15H17N3O2/c19-18(20)15-8-6-14(7-9-15)17-11-10-16-12-13-4-2-1-3-5-13/h1-9,16-17H,10-12H2. The minimum atomic E-state index is -0.398. The van der Waals surface area contributed by atoms with Crippen LogP contribution in [0.15, 0.2) is 54.6 Å². The van der Waals surface area contributed by atoms with Crippen molar-refractivity contribution in [2.75, 3.05) is 18.4 Å². The van der Waals surface area contributed by atoms with Gasteiger partial charge >= 0.3 is 0 Å². The van der Waals surface area contributed by atoms with E-state index in [0.29, 0.717) is 0 Å². The summed E-state index contributed by atoms with van der Waals surface area (Å²) in [6.45, 7) is 2.43. The molecule has 0 heterocycles. The van der Waals surface area contributed by atoms with Crippen molar-refractivity contribution in [1.82, 2.24) is 5.32 Å². The molecular weight excluding hydrogens is 254 g/mol. The van der Waals surface area contributed by atoms with Crippen LogP contribution in [-0.4, -0.2) is 18.0 Å². The van der Waals surface area contributed by atoms with Gasteiger partial charge in [0, 0.05) is 37.5 Å². The molecule has 2 aromatic carbocycles. The van der Waals surface area contributed by atoms with Crippen LogP contribution in [0.2, 0.25) is 0 Å². The van der Waals surface area contributed by atoms with E-state index in [1.165, 1.54) is 17.7 Å². The third-order valence-corrected chi connectivity index (χ3v) is 2.88. The zero-order valence-corrected chi connectivity index (χ0v) is 11.1. The van der Waals surface area contributed by atoms with Gasteiger partial charge in [-0.05, 0) is 17.7 Å². The molecule has 0 aliphatic heterocycles. The topological polar surface area (TPSA) is 67.2 Å². The fourth-order valence-electron chi connectivity index (χ4n) is 1.82. The number of non-ortho nitro benzene ring substituents is 1. The molecular formula is C15H17N3O2. The van der Waals surface area contributed by atoms with Crippen LogP contribution >= 0.6 is 0 Å². The van der Waals surface area contributed by atoms with Crippen LogP contribution in [0, 0.1) is 10.1 Å². The largest absolute Gasteiger partial charge is 0.384 e. The van der Waals surface area contributed by atoms with Gasteiger partial charge in [0.15, 0.2) is 0 Å². The first-order valence-electron chi connectivity index (χ1n) is 6.49. The van der Waals surface area contributed by atoms with Gasteiger partial charge in [-0.1, -0.05) is 30.3 Å². The SMILES string of the molecule is O=[N+]([O-])c1ccc(NCCNCc2ccccc2)cc1. The van der Waals surface area contributed by atoms with Gasteiger partial charge in [0.25, 0.3) is 5.69 Å². The maximum Gasteiger partial charge on any atom is 0.269 e. The Morgan fingerprint density at radius 1 is 0.950 bits per heavy atom. The molecule has 0 aliphatic carbocycles. The van der Waals surface area contributed by atoms with Crippen molar-refractivity contribution in [1.29, 1.82) is 0 Å². The normalized spacial score (nSPS) is 10.2. The molecule has 104 valence electrons. The molecule has 5 heteroatoms. The lowest BCUT2D eigenvalue weighted by atomic mass is 10.2. The van der Waals surface area contributed by atoms with Gasteiger partial charge < -0.3 is 10.6 Å². The molecule has 0 atom stereocenters. The number of hydrogen-bond donors (Lipinski definition) is 2. The lowest BCUT2D eigenvalue weighted by Gasteiger charge is -2.07. The lowest BCUT2D eigenvalue weighted by Crippen LogP contribution is -2.21. The summed E-state index contributed by atoms with van der Waals surface area (Å²) in [7, 11) is 0. The van der Waals surface area contributed by atoms with Crippen LogP contribution in [-0.2, 0) is 6.54 Å². The van der Waals surface area contributed by atoms with Gasteiger partial charge in [-0.25, -0.2) is 0 Å². The average molecular weight is 271 g/mol. The molecule has 2 aromatic rings. The van der Waals surface area contributed by atoms with Crippen molar-refractivity contribution < 1.29 is 4.92 Å². The second kappa shape index (κ2) is 7.25. The van der Waals surface area contributed by atoms with E-state index in [1.807, 2.05) is 18.2 Å². The number of rotatable bonds is 7. The molecule has 0 spiro atoms. The summed E-state index contributed by atoms with van der Waals surface area (Å²) < 4.78 is 0. The Bertz CT molecular complexity index is 541. The fraction of sp³-hybridized carbons (Fsp3) is 0.200. The number of nitrogens with zero attached hydrogens (tertiary/aromatic N) is 1. The van der Waals surface area contributed by atoms with E-state index >= 15 is 0 Å². The molecule has 0 bridgehead atoms. The minimum Gasteiger partial charge on any atom is -0.384 e. The predicted octanol–water partition coefficient (Wildman–Crippen LogP) is 2.80. The predicted molar refractivity (Wildman–Crippen MR) is 79.7 cm³/mol. The molecule has 2 rings (SSSR count). The van der Waals surface area contributed by atoms with Crippen LogP contribution in [0.3, 0.4) is 0 Å². The highest BCUT2D eigenvalue weighted by molar-refractivity contribution is 5.48. The second-order valence-corrected chi connectivity index (χ2v) is 4.39. The number of anilines is 1. The molecule has 0 aromatic heterocycles. The van der Waals surface area contributed by atoms with Gasteiger partial charge in [0.05, 0.1) is 4.92 Å². The highest BCUT2D eigenvalue weighted by Gasteiger charge is 2.02. The molecule has 20 heavy (non-hydrogen) atoms. The van der Waals surface area contributed by atoms with E-state index in [9.17, 15) is 10.1 Å². The first-order chi connectivity index (χ1) is 9.75. The number of nitro benzene ring substituents is 1. The molecule has 0 saturated heterocycles. The van der Waals surface area contributed by atoms with Crippen LogP contribution in [0.25, 0.3) is 0 Å². The highest BCUT2D eigenvalue weighted by Crippen LogP contribution is 2.14. The minimum absolute atomic E-state index is 0.109. The van der Waals surface area contributed by atoms with Gasteiger partial charge in [-0.2, -0.15) is 0 Å². The molecule has 0 fully saturated rings. The maximum atomic E-state index is 10.5. The summed E-state index contributed by atoms with van der Waals surface area (Å²) in [4.78, 5) is 10.1.